The van der Waals surface area contributed by atoms with E-state index in [1.54, 1.807) is 11.4 Å². The standard InChI is InChI=1S/C13H29N3O3S.ClH/c1-3-4-9-15(2)20(17,18)16-10-6-13(7-11-16)19-12-5-8-14;/h13H,3-12,14H2,1-2H3;1H. The number of hydrogen-bond donors (Lipinski definition) is 1. The zero-order valence-electron chi connectivity index (χ0n) is 13.2. The van der Waals surface area contributed by atoms with E-state index in [0.29, 0.717) is 32.8 Å². The molecule has 1 saturated heterocycles. The molecule has 2 N–H and O–H groups in total. The molecule has 0 aromatic heterocycles. The molecule has 0 aromatic rings. The molecule has 1 fully saturated rings. The summed E-state index contributed by atoms with van der Waals surface area (Å²) >= 11 is 0. The molecule has 0 saturated carbocycles. The van der Waals surface area contributed by atoms with Crippen molar-refractivity contribution in [3.63, 3.8) is 0 Å². The summed E-state index contributed by atoms with van der Waals surface area (Å²) in [5.41, 5.74) is 5.42. The molecule has 0 radical (unpaired) electrons. The van der Waals surface area contributed by atoms with E-state index in [1.807, 2.05) is 0 Å². The van der Waals surface area contributed by atoms with Gasteiger partial charge in [-0.15, -0.1) is 12.4 Å². The second-order valence-corrected chi connectivity index (χ2v) is 7.33. The maximum absolute atomic E-state index is 12.4. The van der Waals surface area contributed by atoms with E-state index >= 15 is 0 Å². The van der Waals surface area contributed by atoms with Crippen molar-refractivity contribution in [1.29, 1.82) is 0 Å². The second-order valence-electron chi connectivity index (χ2n) is 5.29. The van der Waals surface area contributed by atoms with Crippen molar-refractivity contribution in [1.82, 2.24) is 8.61 Å². The van der Waals surface area contributed by atoms with Crippen molar-refractivity contribution in [2.24, 2.45) is 5.73 Å². The quantitative estimate of drug-likeness (QED) is 0.638. The smallest absolute Gasteiger partial charge is 0.281 e. The Morgan fingerprint density at radius 3 is 2.43 bits per heavy atom. The molecule has 6 nitrogen and oxygen atoms in total. The number of rotatable bonds is 9. The van der Waals surface area contributed by atoms with Gasteiger partial charge in [-0.2, -0.15) is 17.0 Å². The average Bonchev–Trinajstić information content (AvgIpc) is 2.45. The van der Waals surface area contributed by atoms with Gasteiger partial charge >= 0.3 is 0 Å². The van der Waals surface area contributed by atoms with Gasteiger partial charge in [-0.3, -0.25) is 0 Å². The van der Waals surface area contributed by atoms with Gasteiger partial charge in [0.1, 0.15) is 0 Å². The van der Waals surface area contributed by atoms with Gasteiger partial charge in [-0.05, 0) is 32.2 Å². The highest BCUT2D eigenvalue weighted by Gasteiger charge is 2.30. The van der Waals surface area contributed by atoms with Gasteiger partial charge in [0, 0.05) is 33.3 Å². The van der Waals surface area contributed by atoms with Crippen LogP contribution in [0.1, 0.15) is 39.0 Å². The van der Waals surface area contributed by atoms with Crippen molar-refractivity contribution >= 4 is 22.6 Å². The molecule has 1 rings (SSSR count). The molecule has 1 aliphatic heterocycles. The Labute approximate surface area is 135 Å². The lowest BCUT2D eigenvalue weighted by atomic mass is 10.1. The number of nitrogens with zero attached hydrogens (tertiary/aromatic N) is 2. The Bertz CT molecular complexity index is 360. The summed E-state index contributed by atoms with van der Waals surface area (Å²) in [6.45, 7) is 5.05. The summed E-state index contributed by atoms with van der Waals surface area (Å²) in [6, 6.07) is 0. The van der Waals surface area contributed by atoms with Crippen molar-refractivity contribution in [3.8, 4) is 0 Å². The molecule has 0 aliphatic carbocycles. The zero-order valence-corrected chi connectivity index (χ0v) is 14.8. The molecular formula is C13H30ClN3O3S. The van der Waals surface area contributed by atoms with E-state index in [4.69, 9.17) is 10.5 Å². The lowest BCUT2D eigenvalue weighted by Gasteiger charge is -2.33. The van der Waals surface area contributed by atoms with Crippen LogP contribution >= 0.6 is 12.4 Å². The van der Waals surface area contributed by atoms with E-state index in [1.165, 1.54) is 4.31 Å². The summed E-state index contributed by atoms with van der Waals surface area (Å²) in [4.78, 5) is 0. The van der Waals surface area contributed by atoms with E-state index in [-0.39, 0.29) is 18.5 Å². The molecule has 0 amide bonds. The van der Waals surface area contributed by atoms with Crippen LogP contribution in [0.5, 0.6) is 0 Å². The lowest BCUT2D eigenvalue weighted by molar-refractivity contribution is 0.0202. The topological polar surface area (TPSA) is 75.9 Å². The molecule has 1 heterocycles. The highest BCUT2D eigenvalue weighted by atomic mass is 35.5. The van der Waals surface area contributed by atoms with Gasteiger partial charge in [0.15, 0.2) is 0 Å². The SMILES string of the molecule is CCCCN(C)S(=O)(=O)N1CCC(OCCCN)CC1.Cl. The van der Waals surface area contributed by atoms with Crippen LogP contribution in [-0.2, 0) is 14.9 Å². The van der Waals surface area contributed by atoms with Crippen LogP contribution in [0, 0.1) is 0 Å². The van der Waals surface area contributed by atoms with Gasteiger partial charge in [0.2, 0.25) is 0 Å². The van der Waals surface area contributed by atoms with Gasteiger partial charge in [-0.25, -0.2) is 0 Å². The molecule has 1 aliphatic rings. The monoisotopic (exact) mass is 343 g/mol. The molecule has 0 aromatic carbocycles. The minimum Gasteiger partial charge on any atom is -0.378 e. The van der Waals surface area contributed by atoms with E-state index in [2.05, 4.69) is 6.92 Å². The third-order valence-corrected chi connectivity index (χ3v) is 5.64. The van der Waals surface area contributed by atoms with Crippen LogP contribution in [0.15, 0.2) is 0 Å². The van der Waals surface area contributed by atoms with Crippen molar-refractivity contribution in [2.75, 3.05) is 39.8 Å². The Hall–Kier alpha value is 0.0800. The molecule has 0 bridgehead atoms. The van der Waals surface area contributed by atoms with Crippen molar-refractivity contribution < 1.29 is 13.2 Å². The average molecular weight is 344 g/mol. The first-order chi connectivity index (χ1) is 9.52. The van der Waals surface area contributed by atoms with Gasteiger partial charge < -0.3 is 10.5 Å². The maximum atomic E-state index is 12.4. The van der Waals surface area contributed by atoms with Gasteiger partial charge in [0.25, 0.3) is 10.2 Å². The fourth-order valence-corrected chi connectivity index (χ4v) is 3.68. The normalized spacial score (nSPS) is 17.9. The Morgan fingerprint density at radius 2 is 1.90 bits per heavy atom. The first-order valence-corrected chi connectivity index (χ1v) is 8.95. The van der Waals surface area contributed by atoms with Crippen LogP contribution in [0.2, 0.25) is 0 Å². The summed E-state index contributed by atoms with van der Waals surface area (Å²) in [7, 11) is -1.63. The van der Waals surface area contributed by atoms with Crippen LogP contribution in [0.25, 0.3) is 0 Å². The van der Waals surface area contributed by atoms with Crippen LogP contribution < -0.4 is 5.73 Å². The maximum Gasteiger partial charge on any atom is 0.281 e. The predicted molar refractivity (Wildman–Crippen MR) is 87.9 cm³/mol. The Morgan fingerprint density at radius 1 is 1.29 bits per heavy atom. The number of halogens is 1. The van der Waals surface area contributed by atoms with Crippen LogP contribution in [0.3, 0.4) is 0 Å². The van der Waals surface area contributed by atoms with Gasteiger partial charge in [-0.1, -0.05) is 13.3 Å². The summed E-state index contributed by atoms with van der Waals surface area (Å²) < 4.78 is 33.4. The fraction of sp³-hybridized carbons (Fsp3) is 1.00. The number of ether oxygens (including phenoxy) is 1. The molecular weight excluding hydrogens is 314 g/mol. The number of hydrogen-bond acceptors (Lipinski definition) is 4. The third-order valence-electron chi connectivity index (χ3n) is 3.65. The molecule has 0 unspecified atom stereocenters. The Kier molecular flexibility index (Phi) is 10.8. The molecule has 128 valence electrons. The molecule has 21 heavy (non-hydrogen) atoms. The summed E-state index contributed by atoms with van der Waals surface area (Å²) in [5, 5.41) is 0. The number of unbranched alkanes of at least 4 members (excludes halogenated alkanes) is 1. The first-order valence-electron chi connectivity index (χ1n) is 7.55. The fourth-order valence-electron chi connectivity index (χ4n) is 2.26. The number of nitrogens with two attached hydrogens (primary N) is 1. The molecule has 0 spiro atoms. The highest BCUT2D eigenvalue weighted by Crippen LogP contribution is 2.18. The minimum atomic E-state index is -3.29. The van der Waals surface area contributed by atoms with E-state index < -0.39 is 10.2 Å². The van der Waals surface area contributed by atoms with Crippen LogP contribution in [0.4, 0.5) is 0 Å². The minimum absolute atomic E-state index is 0. The highest BCUT2D eigenvalue weighted by molar-refractivity contribution is 7.86. The van der Waals surface area contributed by atoms with Crippen molar-refractivity contribution in [2.45, 2.75) is 45.1 Å². The van der Waals surface area contributed by atoms with E-state index in [9.17, 15) is 8.42 Å². The zero-order chi connectivity index (χ0) is 15.0. The Balaban J connectivity index is 0.00000400. The number of piperidine rings is 1. The third kappa shape index (κ3) is 6.80. The summed E-state index contributed by atoms with van der Waals surface area (Å²) in [5.74, 6) is 0. The van der Waals surface area contributed by atoms with Gasteiger partial charge in [0.05, 0.1) is 6.10 Å². The van der Waals surface area contributed by atoms with E-state index in [0.717, 1.165) is 32.1 Å². The molecule has 8 heteroatoms. The lowest BCUT2D eigenvalue weighted by Crippen LogP contribution is -2.47. The largest absolute Gasteiger partial charge is 0.378 e. The molecule has 0 atom stereocenters. The predicted octanol–water partition coefficient (Wildman–Crippen LogP) is 1.21. The van der Waals surface area contributed by atoms with Crippen molar-refractivity contribution in [3.05, 3.63) is 0 Å². The second kappa shape index (κ2) is 10.7. The first kappa shape index (κ1) is 21.1. The summed E-state index contributed by atoms with van der Waals surface area (Å²) in [6.07, 6.45) is 4.47. The van der Waals surface area contributed by atoms with Crippen LogP contribution in [-0.4, -0.2) is 63.0 Å².